The minimum atomic E-state index is -0.0919. The van der Waals surface area contributed by atoms with Crippen LogP contribution in [0.5, 0.6) is 5.75 Å². The van der Waals surface area contributed by atoms with Crippen LogP contribution in [0.1, 0.15) is 30.4 Å². The molecule has 1 aliphatic rings. The van der Waals surface area contributed by atoms with Gasteiger partial charge in [-0.1, -0.05) is 11.6 Å². The summed E-state index contributed by atoms with van der Waals surface area (Å²) in [6, 6.07) is 5.89. The van der Waals surface area contributed by atoms with Crippen LogP contribution in [0.25, 0.3) is 6.08 Å². The highest BCUT2D eigenvalue weighted by atomic mass is 16.5. The van der Waals surface area contributed by atoms with Gasteiger partial charge in [-0.15, -0.1) is 0 Å². The maximum Gasteiger partial charge on any atom is 0.244 e. The first-order valence-electron chi connectivity index (χ1n) is 7.87. The maximum atomic E-state index is 11.8. The molecule has 1 fully saturated rings. The Bertz CT molecular complexity index is 521. The number of carbonyl (C=O) groups excluding carboxylic acids is 1. The minimum absolute atomic E-state index is 0.0919. The Morgan fingerprint density at radius 2 is 2.23 bits per heavy atom. The van der Waals surface area contributed by atoms with Crippen LogP contribution in [0.15, 0.2) is 24.3 Å². The fourth-order valence-electron chi connectivity index (χ4n) is 2.13. The van der Waals surface area contributed by atoms with Gasteiger partial charge in [0.05, 0.1) is 7.11 Å². The second kappa shape index (κ2) is 8.59. The molecule has 0 saturated heterocycles. The number of rotatable bonds is 9. The van der Waals surface area contributed by atoms with Crippen LogP contribution in [0, 0.1) is 12.8 Å². The van der Waals surface area contributed by atoms with Crippen LogP contribution >= 0.6 is 0 Å². The normalized spacial score (nSPS) is 14.3. The molecule has 0 heterocycles. The summed E-state index contributed by atoms with van der Waals surface area (Å²) in [5, 5.41) is 2.86. The summed E-state index contributed by atoms with van der Waals surface area (Å²) in [7, 11) is 1.63. The quantitative estimate of drug-likeness (QED) is 0.563. The lowest BCUT2D eigenvalue weighted by Gasteiger charge is -2.06. The van der Waals surface area contributed by atoms with E-state index in [0.29, 0.717) is 13.2 Å². The SMILES string of the molecule is COc1ccc(C)cc1/C=C/C(=O)NCCCOCC1CC1. The first kappa shape index (κ1) is 16.6. The zero-order chi connectivity index (χ0) is 15.8. The van der Waals surface area contributed by atoms with Crippen molar-refractivity contribution < 1.29 is 14.3 Å². The highest BCUT2D eigenvalue weighted by Crippen LogP contribution is 2.28. The van der Waals surface area contributed by atoms with Crippen molar-refractivity contribution in [1.29, 1.82) is 0 Å². The lowest BCUT2D eigenvalue weighted by molar-refractivity contribution is -0.116. The predicted molar refractivity (Wildman–Crippen MR) is 87.9 cm³/mol. The monoisotopic (exact) mass is 303 g/mol. The molecule has 4 nitrogen and oxygen atoms in total. The van der Waals surface area contributed by atoms with Crippen LogP contribution in [0.2, 0.25) is 0 Å². The van der Waals surface area contributed by atoms with Crippen LogP contribution < -0.4 is 10.1 Å². The third-order valence-electron chi connectivity index (χ3n) is 3.61. The second-order valence-corrected chi connectivity index (χ2v) is 5.74. The second-order valence-electron chi connectivity index (χ2n) is 5.74. The lowest BCUT2D eigenvalue weighted by Crippen LogP contribution is -2.23. The molecule has 22 heavy (non-hydrogen) atoms. The van der Waals surface area contributed by atoms with Crippen molar-refractivity contribution in [3.05, 3.63) is 35.4 Å². The molecule has 120 valence electrons. The highest BCUT2D eigenvalue weighted by Gasteiger charge is 2.20. The molecule has 1 amide bonds. The fraction of sp³-hybridized carbons (Fsp3) is 0.500. The van der Waals surface area contributed by atoms with Gasteiger partial charge >= 0.3 is 0 Å². The molecule has 1 saturated carbocycles. The van der Waals surface area contributed by atoms with Crippen molar-refractivity contribution in [2.24, 2.45) is 5.92 Å². The summed E-state index contributed by atoms with van der Waals surface area (Å²) in [5.41, 5.74) is 2.04. The molecule has 0 spiro atoms. The number of carbonyl (C=O) groups is 1. The Kier molecular flexibility index (Phi) is 6.46. The molecule has 1 aliphatic carbocycles. The molecule has 0 unspecified atom stereocenters. The third-order valence-corrected chi connectivity index (χ3v) is 3.61. The number of ether oxygens (including phenoxy) is 2. The van der Waals surface area contributed by atoms with E-state index < -0.39 is 0 Å². The zero-order valence-electron chi connectivity index (χ0n) is 13.4. The van der Waals surface area contributed by atoms with Gasteiger partial charge in [0.1, 0.15) is 5.75 Å². The topological polar surface area (TPSA) is 47.6 Å². The molecule has 2 rings (SSSR count). The average Bonchev–Trinajstić information content (AvgIpc) is 3.33. The van der Waals surface area contributed by atoms with Crippen molar-refractivity contribution in [3.63, 3.8) is 0 Å². The summed E-state index contributed by atoms with van der Waals surface area (Å²) < 4.78 is 10.8. The number of hydrogen-bond donors (Lipinski definition) is 1. The smallest absolute Gasteiger partial charge is 0.244 e. The van der Waals surface area contributed by atoms with Gasteiger partial charge in [-0.25, -0.2) is 0 Å². The van der Waals surface area contributed by atoms with Gasteiger partial charge in [0.25, 0.3) is 0 Å². The number of amides is 1. The number of hydrogen-bond acceptors (Lipinski definition) is 3. The molecule has 0 bridgehead atoms. The van der Waals surface area contributed by atoms with Crippen LogP contribution in [-0.4, -0.2) is 32.8 Å². The fourth-order valence-corrected chi connectivity index (χ4v) is 2.13. The molecule has 4 heteroatoms. The van der Waals surface area contributed by atoms with Crippen molar-refractivity contribution >= 4 is 12.0 Å². The summed E-state index contributed by atoms with van der Waals surface area (Å²) in [6.07, 6.45) is 6.79. The molecule has 1 aromatic carbocycles. The van der Waals surface area contributed by atoms with Gasteiger partial charge in [0.15, 0.2) is 0 Å². The molecule has 1 N–H and O–H groups in total. The predicted octanol–water partition coefficient (Wildman–Crippen LogP) is 2.95. The van der Waals surface area contributed by atoms with E-state index in [1.807, 2.05) is 25.1 Å². The van der Waals surface area contributed by atoms with Crippen LogP contribution in [0.3, 0.4) is 0 Å². The Morgan fingerprint density at radius 1 is 1.41 bits per heavy atom. The van der Waals surface area contributed by atoms with E-state index in [0.717, 1.165) is 35.8 Å². The van der Waals surface area contributed by atoms with E-state index in [1.165, 1.54) is 12.8 Å². The van der Waals surface area contributed by atoms with Crippen molar-refractivity contribution in [2.75, 3.05) is 26.9 Å². The molecule has 0 radical (unpaired) electrons. The number of aryl methyl sites for hydroxylation is 1. The molecule has 1 aromatic rings. The number of methoxy groups -OCH3 is 1. The Labute approximate surface area is 132 Å². The maximum absolute atomic E-state index is 11.8. The van der Waals surface area contributed by atoms with Crippen molar-refractivity contribution in [2.45, 2.75) is 26.2 Å². The molecule has 0 aromatic heterocycles. The van der Waals surface area contributed by atoms with Gasteiger partial charge in [0.2, 0.25) is 5.91 Å². The Balaban J connectivity index is 1.68. The molecular weight excluding hydrogens is 278 g/mol. The van der Waals surface area contributed by atoms with Gasteiger partial charge in [0, 0.05) is 31.4 Å². The van der Waals surface area contributed by atoms with Crippen molar-refractivity contribution in [3.8, 4) is 5.75 Å². The largest absolute Gasteiger partial charge is 0.496 e. The first-order valence-corrected chi connectivity index (χ1v) is 7.87. The van der Waals surface area contributed by atoms with E-state index in [4.69, 9.17) is 9.47 Å². The van der Waals surface area contributed by atoms with E-state index in [-0.39, 0.29) is 5.91 Å². The summed E-state index contributed by atoms with van der Waals surface area (Å²) >= 11 is 0. The molecule has 0 aliphatic heterocycles. The summed E-state index contributed by atoms with van der Waals surface area (Å²) in [4.78, 5) is 11.8. The molecule has 0 atom stereocenters. The summed E-state index contributed by atoms with van der Waals surface area (Å²) in [6.45, 7) is 4.24. The van der Waals surface area contributed by atoms with Gasteiger partial charge < -0.3 is 14.8 Å². The van der Waals surface area contributed by atoms with Gasteiger partial charge in [-0.05, 0) is 50.3 Å². The van der Waals surface area contributed by atoms with E-state index in [2.05, 4.69) is 5.32 Å². The van der Waals surface area contributed by atoms with Crippen LogP contribution in [0.4, 0.5) is 0 Å². The Hall–Kier alpha value is -1.81. The molecular formula is C18H25NO3. The zero-order valence-corrected chi connectivity index (χ0v) is 13.4. The average molecular weight is 303 g/mol. The number of nitrogens with one attached hydrogen (secondary N) is 1. The summed E-state index contributed by atoms with van der Waals surface area (Å²) in [5.74, 6) is 1.47. The van der Waals surface area contributed by atoms with E-state index >= 15 is 0 Å². The standard InChI is InChI=1S/C18H25NO3/c1-14-4-8-17(21-2)16(12-14)7-9-18(20)19-10-3-11-22-13-15-5-6-15/h4,7-9,12,15H,3,5-6,10-11,13H2,1-2H3,(H,19,20)/b9-7+. The van der Waals surface area contributed by atoms with E-state index in [9.17, 15) is 4.79 Å². The van der Waals surface area contributed by atoms with Gasteiger partial charge in [-0.3, -0.25) is 4.79 Å². The first-order chi connectivity index (χ1) is 10.7. The van der Waals surface area contributed by atoms with Gasteiger partial charge in [-0.2, -0.15) is 0 Å². The van der Waals surface area contributed by atoms with E-state index in [1.54, 1.807) is 19.3 Å². The van der Waals surface area contributed by atoms with Crippen molar-refractivity contribution in [1.82, 2.24) is 5.32 Å². The number of benzene rings is 1. The minimum Gasteiger partial charge on any atom is -0.496 e. The lowest BCUT2D eigenvalue weighted by atomic mass is 10.1. The van der Waals surface area contributed by atoms with Crippen LogP contribution in [-0.2, 0) is 9.53 Å². The Morgan fingerprint density at radius 3 is 2.95 bits per heavy atom. The highest BCUT2D eigenvalue weighted by molar-refractivity contribution is 5.92. The third kappa shape index (κ3) is 5.90.